The van der Waals surface area contributed by atoms with Crippen molar-refractivity contribution in [1.29, 1.82) is 0 Å². The summed E-state index contributed by atoms with van der Waals surface area (Å²) in [5, 5.41) is 10.5. The number of benzene rings is 1. The minimum atomic E-state index is -0.280. The molecule has 0 radical (unpaired) electrons. The van der Waals surface area contributed by atoms with Gasteiger partial charge in [0.1, 0.15) is 17.7 Å². The van der Waals surface area contributed by atoms with Crippen LogP contribution in [0.2, 0.25) is 0 Å². The van der Waals surface area contributed by atoms with Gasteiger partial charge in [-0.25, -0.2) is 9.38 Å². The van der Waals surface area contributed by atoms with E-state index in [0.29, 0.717) is 18.2 Å². The van der Waals surface area contributed by atoms with Gasteiger partial charge in [-0.3, -0.25) is 0 Å². The maximum Gasteiger partial charge on any atom is 0.226 e. The second kappa shape index (κ2) is 13.3. The van der Waals surface area contributed by atoms with Gasteiger partial charge in [-0.2, -0.15) is 4.98 Å². The molecule has 1 aromatic heterocycles. The zero-order chi connectivity index (χ0) is 20.4. The average molecular weight is 519 g/mol. The van der Waals surface area contributed by atoms with Crippen LogP contribution in [0.3, 0.4) is 0 Å². The van der Waals surface area contributed by atoms with Crippen LogP contribution in [0, 0.1) is 5.82 Å². The molecule has 9 heteroatoms. The van der Waals surface area contributed by atoms with E-state index in [1.165, 1.54) is 12.1 Å². The lowest BCUT2D eigenvalue weighted by Gasteiger charge is -2.15. The summed E-state index contributed by atoms with van der Waals surface area (Å²) in [4.78, 5) is 8.92. The number of hydrogen-bond acceptors (Lipinski definition) is 5. The van der Waals surface area contributed by atoms with Crippen molar-refractivity contribution < 1.29 is 13.7 Å². The molecule has 0 bridgehead atoms. The van der Waals surface area contributed by atoms with Crippen LogP contribution < -0.4 is 15.4 Å². The molecular weight excluding hydrogens is 488 g/mol. The van der Waals surface area contributed by atoms with E-state index < -0.39 is 0 Å². The molecule has 2 aromatic rings. The molecule has 2 N–H and O–H groups in total. The molecule has 0 amide bonds. The zero-order valence-corrected chi connectivity index (χ0v) is 19.8. The molecule has 0 aliphatic carbocycles. The Kier molecular flexibility index (Phi) is 11.6. The van der Waals surface area contributed by atoms with Crippen LogP contribution in [-0.4, -0.2) is 41.8 Å². The first-order chi connectivity index (χ1) is 13.5. The second-order valence-electron chi connectivity index (χ2n) is 6.83. The van der Waals surface area contributed by atoms with Gasteiger partial charge in [-0.1, -0.05) is 19.0 Å². The number of aromatic nitrogens is 2. The highest BCUT2D eigenvalue weighted by Crippen LogP contribution is 2.13. The number of guanidine groups is 1. The number of rotatable bonds is 10. The van der Waals surface area contributed by atoms with Crippen molar-refractivity contribution in [3.05, 3.63) is 41.8 Å². The van der Waals surface area contributed by atoms with E-state index in [0.717, 1.165) is 37.7 Å². The van der Waals surface area contributed by atoms with Gasteiger partial charge in [0.25, 0.3) is 0 Å². The minimum absolute atomic E-state index is 0. The molecule has 0 spiro atoms. The number of aliphatic imine (C=N–C) groups is 1. The first kappa shape index (κ1) is 25.1. The first-order valence-corrected chi connectivity index (χ1v) is 9.74. The van der Waals surface area contributed by atoms with Gasteiger partial charge in [0.15, 0.2) is 11.8 Å². The number of ether oxygens (including phenoxy) is 1. The Bertz CT molecular complexity index is 737. The Balaban J connectivity index is 0.00000420. The Labute approximate surface area is 188 Å². The molecule has 0 fully saturated rings. The first-order valence-electron chi connectivity index (χ1n) is 9.74. The van der Waals surface area contributed by atoms with E-state index in [1.807, 2.05) is 27.7 Å². The Hall–Kier alpha value is -1.91. The number of halogens is 2. The molecule has 162 valence electrons. The van der Waals surface area contributed by atoms with Gasteiger partial charge in [0.05, 0.1) is 6.54 Å². The number of hydrogen-bond donors (Lipinski definition) is 2. The van der Waals surface area contributed by atoms with E-state index in [-0.39, 0.29) is 41.8 Å². The summed E-state index contributed by atoms with van der Waals surface area (Å²) in [6.45, 7) is 10.00. The van der Waals surface area contributed by atoms with Gasteiger partial charge in [-0.05, 0) is 44.5 Å². The van der Waals surface area contributed by atoms with Crippen molar-refractivity contribution in [3.8, 4) is 5.75 Å². The van der Waals surface area contributed by atoms with Crippen LogP contribution in [0.15, 0.2) is 33.8 Å². The van der Waals surface area contributed by atoms with Crippen LogP contribution >= 0.6 is 24.0 Å². The number of nitrogens with one attached hydrogen (secondary N) is 2. The lowest BCUT2D eigenvalue weighted by Crippen LogP contribution is -2.38. The predicted octanol–water partition coefficient (Wildman–Crippen LogP) is 3.91. The summed E-state index contributed by atoms with van der Waals surface area (Å²) < 4.78 is 23.9. The van der Waals surface area contributed by atoms with Crippen LogP contribution in [0.1, 0.15) is 51.7 Å². The van der Waals surface area contributed by atoms with Crippen molar-refractivity contribution in [2.45, 2.75) is 52.6 Å². The molecule has 0 aliphatic heterocycles. The summed E-state index contributed by atoms with van der Waals surface area (Å²) in [5.74, 6) is 2.74. The van der Waals surface area contributed by atoms with Crippen molar-refractivity contribution in [2.75, 3.05) is 19.6 Å². The third-order valence-corrected chi connectivity index (χ3v) is 3.86. The van der Waals surface area contributed by atoms with Gasteiger partial charge in [0, 0.05) is 25.4 Å². The van der Waals surface area contributed by atoms with Crippen LogP contribution in [0.5, 0.6) is 5.75 Å². The fraction of sp³-hybridized carbons (Fsp3) is 0.550. The van der Waals surface area contributed by atoms with E-state index in [1.54, 1.807) is 12.1 Å². The molecule has 1 heterocycles. The highest BCUT2D eigenvalue weighted by molar-refractivity contribution is 14.0. The molecule has 2 rings (SSSR count). The molecule has 0 aliphatic rings. The second-order valence-corrected chi connectivity index (χ2v) is 6.83. The predicted molar refractivity (Wildman–Crippen MR) is 123 cm³/mol. The normalized spacial score (nSPS) is 12.4. The standard InChI is InChI=1S/C20H30FN5O2.HI/c1-5-22-20(23-12-6-7-18-25-19(14(2)3)26-28-18)24-13-15(4)27-17-10-8-16(21)9-11-17;/h8-11,14-15H,5-7,12-13H2,1-4H3,(H2,22,23,24);1H. The summed E-state index contributed by atoms with van der Waals surface area (Å²) >= 11 is 0. The topological polar surface area (TPSA) is 84.6 Å². The highest BCUT2D eigenvalue weighted by Gasteiger charge is 2.09. The van der Waals surface area contributed by atoms with Gasteiger partial charge in [-0.15, -0.1) is 24.0 Å². The lowest BCUT2D eigenvalue weighted by molar-refractivity contribution is 0.230. The number of nitrogens with zero attached hydrogens (tertiary/aromatic N) is 3. The summed E-state index contributed by atoms with van der Waals surface area (Å²) in [6.07, 6.45) is 1.44. The lowest BCUT2D eigenvalue weighted by atomic mass is 10.2. The highest BCUT2D eigenvalue weighted by atomic mass is 127. The maximum atomic E-state index is 12.9. The molecular formula is C20H31FIN5O2. The Morgan fingerprint density at radius 1 is 1.21 bits per heavy atom. The number of aryl methyl sites for hydroxylation is 1. The van der Waals surface area contributed by atoms with Crippen LogP contribution in [0.4, 0.5) is 4.39 Å². The van der Waals surface area contributed by atoms with Crippen LogP contribution in [0.25, 0.3) is 0 Å². The van der Waals surface area contributed by atoms with Gasteiger partial charge in [0.2, 0.25) is 5.89 Å². The van der Waals surface area contributed by atoms with Crippen molar-refractivity contribution in [1.82, 2.24) is 20.8 Å². The molecule has 29 heavy (non-hydrogen) atoms. The van der Waals surface area contributed by atoms with Crippen LogP contribution in [-0.2, 0) is 6.42 Å². The SMILES string of the molecule is CCNC(=NCC(C)Oc1ccc(F)cc1)NCCCc1nc(C(C)C)no1.I. The molecule has 1 unspecified atom stereocenters. The largest absolute Gasteiger partial charge is 0.489 e. The summed E-state index contributed by atoms with van der Waals surface area (Å²) in [7, 11) is 0. The maximum absolute atomic E-state index is 12.9. The fourth-order valence-corrected chi connectivity index (χ4v) is 2.39. The van der Waals surface area contributed by atoms with E-state index in [9.17, 15) is 4.39 Å². The monoisotopic (exact) mass is 519 g/mol. The molecule has 1 atom stereocenters. The summed E-state index contributed by atoms with van der Waals surface area (Å²) in [5.41, 5.74) is 0. The quantitative estimate of drug-likeness (QED) is 0.215. The van der Waals surface area contributed by atoms with E-state index >= 15 is 0 Å². The summed E-state index contributed by atoms with van der Waals surface area (Å²) in [6, 6.07) is 5.98. The smallest absolute Gasteiger partial charge is 0.226 e. The average Bonchev–Trinajstić information content (AvgIpc) is 3.14. The van der Waals surface area contributed by atoms with Gasteiger partial charge < -0.3 is 19.9 Å². The third-order valence-electron chi connectivity index (χ3n) is 3.86. The Morgan fingerprint density at radius 2 is 1.93 bits per heavy atom. The molecule has 0 saturated heterocycles. The zero-order valence-electron chi connectivity index (χ0n) is 17.4. The molecule has 1 aromatic carbocycles. The van der Waals surface area contributed by atoms with E-state index in [4.69, 9.17) is 9.26 Å². The Morgan fingerprint density at radius 3 is 2.55 bits per heavy atom. The van der Waals surface area contributed by atoms with Crippen molar-refractivity contribution in [2.24, 2.45) is 4.99 Å². The molecule has 7 nitrogen and oxygen atoms in total. The van der Waals surface area contributed by atoms with E-state index in [2.05, 4.69) is 25.8 Å². The third kappa shape index (κ3) is 9.42. The van der Waals surface area contributed by atoms with Crippen molar-refractivity contribution in [3.63, 3.8) is 0 Å². The molecule has 0 saturated carbocycles. The fourth-order valence-electron chi connectivity index (χ4n) is 2.39. The van der Waals surface area contributed by atoms with Gasteiger partial charge >= 0.3 is 0 Å². The minimum Gasteiger partial charge on any atom is -0.489 e. The van der Waals surface area contributed by atoms with Crippen molar-refractivity contribution >= 4 is 29.9 Å².